The first-order valence-electron chi connectivity index (χ1n) is 8.53. The highest BCUT2D eigenvalue weighted by atomic mass is 31.2. The molecule has 2 fully saturated rings. The predicted octanol–water partition coefficient (Wildman–Crippen LogP) is 4.26. The van der Waals surface area contributed by atoms with Gasteiger partial charge in [0.15, 0.2) is 0 Å². The number of phosphoric acid groups is 2. The second-order valence-electron chi connectivity index (χ2n) is 6.59. The topological polar surface area (TPSA) is 89.5 Å². The van der Waals surface area contributed by atoms with Gasteiger partial charge in [-0.25, -0.2) is 9.13 Å². The minimum Gasteiger partial charge on any atom is -0.404 e. The van der Waals surface area contributed by atoms with Crippen LogP contribution in [0.3, 0.4) is 0 Å². The van der Waals surface area contributed by atoms with E-state index in [0.717, 1.165) is 0 Å². The van der Waals surface area contributed by atoms with Crippen molar-refractivity contribution in [2.24, 2.45) is 5.41 Å². The summed E-state index contributed by atoms with van der Waals surface area (Å²) in [6, 6.07) is 8.64. The number of rotatable bonds is 4. The molecule has 8 nitrogen and oxygen atoms in total. The number of para-hydroxylation sites is 1. The summed E-state index contributed by atoms with van der Waals surface area (Å²) in [5, 5.41) is 0. The van der Waals surface area contributed by atoms with Crippen molar-refractivity contribution in [3.05, 3.63) is 54.6 Å². The largest absolute Gasteiger partial charge is 0.530 e. The van der Waals surface area contributed by atoms with E-state index in [0.29, 0.717) is 12.2 Å². The van der Waals surface area contributed by atoms with Gasteiger partial charge in [-0.1, -0.05) is 42.5 Å². The zero-order valence-corrected chi connectivity index (χ0v) is 16.3. The molecule has 0 radical (unpaired) electrons. The van der Waals surface area contributed by atoms with Crippen LogP contribution in [0.2, 0.25) is 0 Å². The SMILES string of the molecule is O=P1(Oc2ccccc2)OCC2(CO1)COP(=O)(OC1C=CC=CC1)OC2. The monoisotopic (exact) mass is 414 g/mol. The maximum absolute atomic E-state index is 12.6. The van der Waals surface area contributed by atoms with Gasteiger partial charge < -0.3 is 4.52 Å². The lowest BCUT2D eigenvalue weighted by Gasteiger charge is -2.41. The van der Waals surface area contributed by atoms with E-state index in [9.17, 15) is 9.13 Å². The van der Waals surface area contributed by atoms with Crippen molar-refractivity contribution in [3.63, 3.8) is 0 Å². The minimum absolute atomic E-state index is 0.0309. The summed E-state index contributed by atoms with van der Waals surface area (Å²) in [6.45, 7) is 0.149. The molecule has 27 heavy (non-hydrogen) atoms. The van der Waals surface area contributed by atoms with Gasteiger partial charge in [-0.3, -0.25) is 22.6 Å². The summed E-state index contributed by atoms with van der Waals surface area (Å²) < 4.78 is 57.6. The maximum Gasteiger partial charge on any atom is 0.530 e. The van der Waals surface area contributed by atoms with Crippen molar-refractivity contribution in [1.82, 2.24) is 0 Å². The zero-order chi connectivity index (χ0) is 18.8. The van der Waals surface area contributed by atoms with Crippen LogP contribution in [0.15, 0.2) is 54.6 Å². The third-order valence-electron chi connectivity index (χ3n) is 4.28. The Morgan fingerprint density at radius 3 is 2.11 bits per heavy atom. The van der Waals surface area contributed by atoms with Gasteiger partial charge in [0.05, 0.1) is 37.9 Å². The molecule has 1 aromatic carbocycles. The Morgan fingerprint density at radius 2 is 1.52 bits per heavy atom. The van der Waals surface area contributed by atoms with E-state index in [1.165, 1.54) is 0 Å². The lowest BCUT2D eigenvalue weighted by Crippen LogP contribution is -2.46. The van der Waals surface area contributed by atoms with Crippen LogP contribution in [-0.2, 0) is 31.7 Å². The number of hydrogen-bond acceptors (Lipinski definition) is 8. The van der Waals surface area contributed by atoms with E-state index in [1.807, 2.05) is 24.3 Å². The molecule has 3 aliphatic rings. The van der Waals surface area contributed by atoms with Gasteiger partial charge in [0, 0.05) is 0 Å². The minimum atomic E-state index is -3.72. The molecule has 2 aliphatic heterocycles. The molecule has 0 bridgehead atoms. The summed E-state index contributed by atoms with van der Waals surface area (Å²) in [6.07, 6.45) is 7.66. The first kappa shape index (κ1) is 19.1. The lowest BCUT2D eigenvalue weighted by molar-refractivity contribution is -0.0925. The Morgan fingerprint density at radius 1 is 0.889 bits per heavy atom. The Balaban J connectivity index is 1.32. The highest BCUT2D eigenvalue weighted by Gasteiger charge is 2.51. The normalized spacial score (nSPS) is 38.7. The van der Waals surface area contributed by atoms with Crippen LogP contribution < -0.4 is 4.52 Å². The fraction of sp³-hybridized carbons (Fsp3) is 0.412. The van der Waals surface area contributed by atoms with Crippen molar-refractivity contribution in [2.75, 3.05) is 26.4 Å². The lowest BCUT2D eigenvalue weighted by atomic mass is 9.93. The molecule has 0 amide bonds. The molecule has 1 atom stereocenters. The van der Waals surface area contributed by atoms with Crippen LogP contribution in [0.25, 0.3) is 0 Å². The van der Waals surface area contributed by atoms with Crippen molar-refractivity contribution in [1.29, 1.82) is 0 Å². The molecule has 0 saturated carbocycles. The van der Waals surface area contributed by atoms with Gasteiger partial charge in [-0.2, -0.15) is 0 Å². The third-order valence-corrected chi connectivity index (χ3v) is 7.03. The van der Waals surface area contributed by atoms with Gasteiger partial charge in [-0.05, 0) is 18.6 Å². The molecule has 0 N–H and O–H groups in total. The van der Waals surface area contributed by atoms with Crippen LogP contribution in [-0.4, -0.2) is 32.5 Å². The van der Waals surface area contributed by atoms with E-state index in [4.69, 9.17) is 27.1 Å². The van der Waals surface area contributed by atoms with Gasteiger partial charge in [-0.15, -0.1) is 0 Å². The van der Waals surface area contributed by atoms with Gasteiger partial charge in [0.2, 0.25) is 0 Å². The number of allylic oxidation sites excluding steroid dienone is 2. The van der Waals surface area contributed by atoms with E-state index in [1.54, 1.807) is 30.3 Å². The van der Waals surface area contributed by atoms with Crippen molar-refractivity contribution in [2.45, 2.75) is 12.5 Å². The maximum atomic E-state index is 12.6. The van der Waals surface area contributed by atoms with E-state index >= 15 is 0 Å². The highest BCUT2D eigenvalue weighted by Crippen LogP contribution is 2.60. The predicted molar refractivity (Wildman–Crippen MR) is 96.3 cm³/mol. The molecule has 4 rings (SSSR count). The molecule has 2 saturated heterocycles. The van der Waals surface area contributed by atoms with E-state index in [-0.39, 0.29) is 32.5 Å². The fourth-order valence-corrected chi connectivity index (χ4v) is 5.69. The molecule has 10 heteroatoms. The molecule has 1 unspecified atom stereocenters. The van der Waals surface area contributed by atoms with Crippen LogP contribution in [0.5, 0.6) is 5.75 Å². The van der Waals surface area contributed by atoms with Crippen LogP contribution in [0.4, 0.5) is 0 Å². The Bertz CT molecular complexity index is 795. The van der Waals surface area contributed by atoms with Crippen LogP contribution >= 0.6 is 15.6 Å². The fourth-order valence-electron chi connectivity index (χ4n) is 2.71. The molecule has 1 aromatic rings. The van der Waals surface area contributed by atoms with Crippen molar-refractivity contribution in [3.8, 4) is 5.75 Å². The second kappa shape index (κ2) is 7.64. The number of benzene rings is 1. The smallest absolute Gasteiger partial charge is 0.404 e. The Hall–Kier alpha value is -1.24. The van der Waals surface area contributed by atoms with E-state index < -0.39 is 21.1 Å². The summed E-state index contributed by atoms with van der Waals surface area (Å²) in [5.41, 5.74) is -0.715. The Labute approximate surface area is 157 Å². The van der Waals surface area contributed by atoms with Crippen LogP contribution in [0.1, 0.15) is 6.42 Å². The summed E-state index contributed by atoms with van der Waals surface area (Å²) >= 11 is 0. The van der Waals surface area contributed by atoms with Gasteiger partial charge in [0.1, 0.15) is 5.75 Å². The summed E-state index contributed by atoms with van der Waals surface area (Å²) in [7, 11) is -7.38. The molecule has 146 valence electrons. The third kappa shape index (κ3) is 4.61. The average molecular weight is 414 g/mol. The number of hydrogen-bond donors (Lipinski definition) is 0. The molecular weight excluding hydrogens is 394 g/mol. The number of phosphoric ester groups is 2. The average Bonchev–Trinajstić information content (AvgIpc) is 2.69. The molecule has 2 heterocycles. The summed E-state index contributed by atoms with van der Waals surface area (Å²) in [5.74, 6) is 0.389. The standard InChI is InChI=1S/C17H20O8P2/c18-26(24-15-7-3-1-4-8-15)20-11-17(12-21-26)13-22-27(19,23-14-17)25-16-9-5-2-6-10-16/h1-9,16H,10-14H2. The van der Waals surface area contributed by atoms with Crippen molar-refractivity contribution >= 4 is 15.6 Å². The highest BCUT2D eigenvalue weighted by molar-refractivity contribution is 7.49. The summed E-state index contributed by atoms with van der Waals surface area (Å²) in [4.78, 5) is 0. The van der Waals surface area contributed by atoms with Crippen LogP contribution in [0, 0.1) is 5.41 Å². The van der Waals surface area contributed by atoms with Gasteiger partial charge in [0.25, 0.3) is 0 Å². The quantitative estimate of drug-likeness (QED) is 0.675. The van der Waals surface area contributed by atoms with Crippen molar-refractivity contribution < 1.29 is 36.3 Å². The first-order valence-corrected chi connectivity index (χ1v) is 11.5. The zero-order valence-electron chi connectivity index (χ0n) is 14.5. The van der Waals surface area contributed by atoms with Gasteiger partial charge >= 0.3 is 15.6 Å². The molecule has 1 spiro atoms. The molecule has 1 aliphatic carbocycles. The molecular formula is C17H20O8P2. The first-order chi connectivity index (χ1) is 13.0. The Kier molecular flexibility index (Phi) is 5.41. The van der Waals surface area contributed by atoms with E-state index in [2.05, 4.69) is 0 Å². The molecule has 0 aromatic heterocycles. The second-order valence-corrected chi connectivity index (χ2v) is 9.80.